The second-order valence-corrected chi connectivity index (χ2v) is 8.84. The molecule has 21 heavy (non-hydrogen) atoms. The van der Waals surface area contributed by atoms with E-state index in [1.807, 2.05) is 25.1 Å². The Balaban J connectivity index is 1.58. The van der Waals surface area contributed by atoms with E-state index in [-0.39, 0.29) is 17.1 Å². The molecule has 1 heterocycles. The number of sulfonamides is 1. The SMILES string of the molecule is Cc1cc(Br)ccc1NC(=O)C1CN(S(=O)(=O)C2CC2)C1. The van der Waals surface area contributed by atoms with Gasteiger partial charge in [-0.3, -0.25) is 4.79 Å². The maximum atomic E-state index is 12.1. The van der Waals surface area contributed by atoms with Gasteiger partial charge in [0.15, 0.2) is 0 Å². The first kappa shape index (κ1) is 15.0. The van der Waals surface area contributed by atoms with Gasteiger partial charge >= 0.3 is 0 Å². The third kappa shape index (κ3) is 3.00. The van der Waals surface area contributed by atoms with Crippen LogP contribution in [0.3, 0.4) is 0 Å². The van der Waals surface area contributed by atoms with Crippen molar-refractivity contribution < 1.29 is 13.2 Å². The second kappa shape index (κ2) is 5.37. The Kier molecular flexibility index (Phi) is 3.83. The lowest BCUT2D eigenvalue weighted by Gasteiger charge is -2.37. The zero-order chi connectivity index (χ0) is 15.2. The summed E-state index contributed by atoms with van der Waals surface area (Å²) < 4.78 is 26.4. The van der Waals surface area contributed by atoms with Crippen molar-refractivity contribution in [1.29, 1.82) is 0 Å². The molecule has 0 aromatic heterocycles. The van der Waals surface area contributed by atoms with Crippen LogP contribution < -0.4 is 5.32 Å². The molecule has 1 aromatic rings. The summed E-state index contributed by atoms with van der Waals surface area (Å²) in [6.07, 6.45) is 1.52. The van der Waals surface area contributed by atoms with Gasteiger partial charge in [-0.1, -0.05) is 15.9 Å². The summed E-state index contributed by atoms with van der Waals surface area (Å²) in [5.41, 5.74) is 1.74. The minimum atomic E-state index is -3.13. The molecule has 1 saturated carbocycles. The van der Waals surface area contributed by atoms with E-state index in [1.165, 1.54) is 4.31 Å². The highest BCUT2D eigenvalue weighted by molar-refractivity contribution is 9.10. The van der Waals surface area contributed by atoms with Crippen LogP contribution >= 0.6 is 15.9 Å². The summed E-state index contributed by atoms with van der Waals surface area (Å²) in [6.45, 7) is 2.53. The van der Waals surface area contributed by atoms with Gasteiger partial charge in [-0.05, 0) is 43.5 Å². The Morgan fingerprint density at radius 1 is 1.33 bits per heavy atom. The number of anilines is 1. The molecule has 0 bridgehead atoms. The van der Waals surface area contributed by atoms with E-state index in [1.54, 1.807) is 0 Å². The number of carbonyl (C=O) groups is 1. The molecule has 7 heteroatoms. The topological polar surface area (TPSA) is 66.5 Å². The number of nitrogens with one attached hydrogen (secondary N) is 1. The maximum absolute atomic E-state index is 12.1. The van der Waals surface area contributed by atoms with Gasteiger partial charge in [0.2, 0.25) is 15.9 Å². The van der Waals surface area contributed by atoms with E-state index in [2.05, 4.69) is 21.2 Å². The highest BCUT2D eigenvalue weighted by atomic mass is 79.9. The lowest BCUT2D eigenvalue weighted by molar-refractivity contribution is -0.122. The first-order valence-corrected chi connectivity index (χ1v) is 9.23. The number of hydrogen-bond donors (Lipinski definition) is 1. The molecule has 0 spiro atoms. The standard InChI is InChI=1S/C14H17BrN2O3S/c1-9-6-11(15)2-5-13(9)16-14(18)10-7-17(8-10)21(19,20)12-3-4-12/h2,5-6,10,12H,3-4,7-8H2,1H3,(H,16,18). The summed E-state index contributed by atoms with van der Waals surface area (Å²) >= 11 is 3.38. The number of rotatable bonds is 4. The van der Waals surface area contributed by atoms with Gasteiger partial charge < -0.3 is 5.32 Å². The monoisotopic (exact) mass is 372 g/mol. The predicted octanol–water partition coefficient (Wildman–Crippen LogP) is 2.12. The smallest absolute Gasteiger partial charge is 0.230 e. The predicted molar refractivity (Wildman–Crippen MR) is 84.5 cm³/mol. The largest absolute Gasteiger partial charge is 0.326 e. The fourth-order valence-electron chi connectivity index (χ4n) is 2.39. The van der Waals surface area contributed by atoms with Crippen LogP contribution in [0.5, 0.6) is 0 Å². The number of carbonyl (C=O) groups excluding carboxylic acids is 1. The highest BCUT2D eigenvalue weighted by Crippen LogP contribution is 2.34. The van der Waals surface area contributed by atoms with E-state index >= 15 is 0 Å². The molecular formula is C14H17BrN2O3S. The molecule has 0 unspecified atom stereocenters. The summed E-state index contributed by atoms with van der Waals surface area (Å²) in [5, 5.41) is 2.68. The quantitative estimate of drug-likeness (QED) is 0.879. The minimum Gasteiger partial charge on any atom is -0.326 e. The average Bonchev–Trinajstić information content (AvgIpc) is 3.14. The number of aryl methyl sites for hydroxylation is 1. The summed E-state index contributed by atoms with van der Waals surface area (Å²) in [5.74, 6) is -0.357. The van der Waals surface area contributed by atoms with Crippen molar-refractivity contribution in [2.45, 2.75) is 25.0 Å². The van der Waals surface area contributed by atoms with Crippen molar-refractivity contribution in [2.24, 2.45) is 5.92 Å². The van der Waals surface area contributed by atoms with Gasteiger partial charge in [0.05, 0.1) is 11.2 Å². The van der Waals surface area contributed by atoms with E-state index in [0.29, 0.717) is 13.1 Å². The van der Waals surface area contributed by atoms with Crippen molar-refractivity contribution in [2.75, 3.05) is 18.4 Å². The van der Waals surface area contributed by atoms with Crippen LogP contribution in [-0.4, -0.2) is 37.0 Å². The number of halogens is 1. The molecule has 1 aliphatic heterocycles. The maximum Gasteiger partial charge on any atom is 0.230 e. The summed E-state index contributed by atoms with van der Waals surface area (Å²) in [7, 11) is -3.13. The normalized spacial score (nSPS) is 20.1. The Hall–Kier alpha value is -0.920. The van der Waals surface area contributed by atoms with Crippen LogP contribution in [0.1, 0.15) is 18.4 Å². The average molecular weight is 373 g/mol. The first-order valence-electron chi connectivity index (χ1n) is 6.94. The van der Waals surface area contributed by atoms with Crippen LogP contribution in [0.15, 0.2) is 22.7 Å². The lowest BCUT2D eigenvalue weighted by Crippen LogP contribution is -2.55. The Bertz CT molecular complexity index is 679. The third-order valence-electron chi connectivity index (χ3n) is 3.97. The van der Waals surface area contributed by atoms with Gasteiger partial charge in [-0.25, -0.2) is 8.42 Å². The summed E-state index contributed by atoms with van der Waals surface area (Å²) in [6, 6.07) is 5.64. The van der Waals surface area contributed by atoms with Crippen molar-refractivity contribution in [3.8, 4) is 0 Å². The van der Waals surface area contributed by atoms with E-state index in [4.69, 9.17) is 0 Å². The van der Waals surface area contributed by atoms with E-state index < -0.39 is 10.0 Å². The van der Waals surface area contributed by atoms with E-state index in [0.717, 1.165) is 28.6 Å². The van der Waals surface area contributed by atoms with Crippen molar-refractivity contribution in [1.82, 2.24) is 4.31 Å². The lowest BCUT2D eigenvalue weighted by atomic mass is 10.0. The molecule has 0 atom stereocenters. The minimum absolute atomic E-state index is 0.109. The number of nitrogens with zero attached hydrogens (tertiary/aromatic N) is 1. The van der Waals surface area contributed by atoms with E-state index in [9.17, 15) is 13.2 Å². The Morgan fingerprint density at radius 3 is 2.57 bits per heavy atom. The van der Waals surface area contributed by atoms with Crippen molar-refractivity contribution >= 4 is 37.5 Å². The molecular weight excluding hydrogens is 356 g/mol. The Labute approximate surface area is 132 Å². The molecule has 114 valence electrons. The molecule has 2 aliphatic rings. The molecule has 2 fully saturated rings. The van der Waals surface area contributed by atoms with Gasteiger partial charge in [0.25, 0.3) is 0 Å². The van der Waals surface area contributed by atoms with Crippen molar-refractivity contribution in [3.05, 3.63) is 28.2 Å². The van der Waals surface area contributed by atoms with Gasteiger partial charge in [-0.15, -0.1) is 0 Å². The number of hydrogen-bond acceptors (Lipinski definition) is 3. The Morgan fingerprint density at radius 2 is 2.00 bits per heavy atom. The molecule has 1 amide bonds. The number of amides is 1. The van der Waals surface area contributed by atoms with Crippen LogP contribution in [0, 0.1) is 12.8 Å². The van der Waals surface area contributed by atoms with Crippen LogP contribution in [0.25, 0.3) is 0 Å². The molecule has 1 saturated heterocycles. The molecule has 1 aliphatic carbocycles. The molecule has 3 rings (SSSR count). The first-order chi connectivity index (χ1) is 9.88. The second-order valence-electron chi connectivity index (χ2n) is 5.71. The fraction of sp³-hybridized carbons (Fsp3) is 0.500. The zero-order valence-corrected chi connectivity index (χ0v) is 14.1. The van der Waals surface area contributed by atoms with Crippen LogP contribution in [0.2, 0.25) is 0 Å². The third-order valence-corrected chi connectivity index (χ3v) is 6.80. The van der Waals surface area contributed by atoms with Crippen LogP contribution in [-0.2, 0) is 14.8 Å². The summed E-state index contributed by atoms with van der Waals surface area (Å²) in [4.78, 5) is 12.1. The van der Waals surface area contributed by atoms with Gasteiger partial charge in [0.1, 0.15) is 0 Å². The van der Waals surface area contributed by atoms with Crippen LogP contribution in [0.4, 0.5) is 5.69 Å². The molecule has 0 radical (unpaired) electrons. The highest BCUT2D eigenvalue weighted by Gasteiger charge is 2.46. The molecule has 1 aromatic carbocycles. The fourth-order valence-corrected chi connectivity index (χ4v) is 4.80. The van der Waals surface area contributed by atoms with Gasteiger partial charge in [0, 0.05) is 23.2 Å². The molecule has 1 N–H and O–H groups in total. The molecule has 5 nitrogen and oxygen atoms in total. The zero-order valence-electron chi connectivity index (χ0n) is 11.7. The van der Waals surface area contributed by atoms with Crippen molar-refractivity contribution in [3.63, 3.8) is 0 Å². The number of benzene rings is 1. The van der Waals surface area contributed by atoms with Gasteiger partial charge in [-0.2, -0.15) is 4.31 Å².